The van der Waals surface area contributed by atoms with Crippen LogP contribution in [0.1, 0.15) is 38.0 Å². The zero-order valence-corrected chi connectivity index (χ0v) is 13.1. The van der Waals surface area contributed by atoms with E-state index < -0.39 is 0 Å². The molecule has 2 nitrogen and oxygen atoms in total. The monoisotopic (exact) mass is 289 g/mol. The van der Waals surface area contributed by atoms with Crippen molar-refractivity contribution in [2.45, 2.75) is 51.7 Å². The molecule has 0 radical (unpaired) electrons. The molecular weight excluding hydrogens is 266 g/mol. The molecule has 0 aromatic carbocycles. The summed E-state index contributed by atoms with van der Waals surface area (Å²) in [6, 6.07) is 4.47. The molecule has 2 atom stereocenters. The number of methoxy groups -OCH3 is 1. The maximum Gasteiger partial charge on any atom is 0.0931 e. The largest absolute Gasteiger partial charge is 0.380 e. The van der Waals surface area contributed by atoms with Crippen LogP contribution in [0.3, 0.4) is 0 Å². The Hall–Kier alpha value is -0.0900. The summed E-state index contributed by atoms with van der Waals surface area (Å²) in [7, 11) is 1.81. The third-order valence-electron chi connectivity index (χ3n) is 3.03. The molecule has 1 aromatic rings. The lowest BCUT2D eigenvalue weighted by Crippen LogP contribution is -2.42. The average Bonchev–Trinajstić information content (AvgIpc) is 2.77. The maximum atomic E-state index is 5.99. The predicted molar refractivity (Wildman–Crippen MR) is 80.8 cm³/mol. The van der Waals surface area contributed by atoms with Crippen LogP contribution in [0.25, 0.3) is 0 Å². The Balaban J connectivity index is 2.63. The van der Waals surface area contributed by atoms with Gasteiger partial charge in [-0.05, 0) is 37.9 Å². The second-order valence-electron chi connectivity index (χ2n) is 4.53. The number of nitrogens with one attached hydrogen (secondary N) is 1. The standard InChI is InChI=1S/C14H24ClNOS/c1-4-6-13(17-3)12(16-9-5-2)10-11-7-8-14(15)18-11/h7-8,12-13,16H,4-6,9-10H2,1-3H3. The molecule has 0 saturated heterocycles. The van der Waals surface area contributed by atoms with Gasteiger partial charge in [-0.2, -0.15) is 0 Å². The molecule has 104 valence electrons. The summed E-state index contributed by atoms with van der Waals surface area (Å²) in [5.41, 5.74) is 0. The van der Waals surface area contributed by atoms with Crippen LogP contribution in [0, 0.1) is 0 Å². The van der Waals surface area contributed by atoms with Gasteiger partial charge in [0.2, 0.25) is 0 Å². The fraction of sp³-hybridized carbons (Fsp3) is 0.714. The van der Waals surface area contributed by atoms with Gasteiger partial charge in [0, 0.05) is 18.0 Å². The summed E-state index contributed by atoms with van der Waals surface area (Å²) in [5.74, 6) is 0. The summed E-state index contributed by atoms with van der Waals surface area (Å²) in [5, 5.41) is 3.60. The van der Waals surface area contributed by atoms with E-state index in [1.807, 2.05) is 13.2 Å². The van der Waals surface area contributed by atoms with Crippen LogP contribution in [0.15, 0.2) is 12.1 Å². The Morgan fingerprint density at radius 1 is 1.33 bits per heavy atom. The van der Waals surface area contributed by atoms with Crippen molar-refractivity contribution in [2.24, 2.45) is 0 Å². The molecule has 0 fully saturated rings. The third kappa shape index (κ3) is 5.27. The van der Waals surface area contributed by atoms with Crippen molar-refractivity contribution in [1.29, 1.82) is 0 Å². The van der Waals surface area contributed by atoms with E-state index >= 15 is 0 Å². The summed E-state index contributed by atoms with van der Waals surface area (Å²) in [6.07, 6.45) is 4.66. The molecule has 0 amide bonds. The summed E-state index contributed by atoms with van der Waals surface area (Å²) >= 11 is 7.66. The first-order valence-corrected chi connectivity index (χ1v) is 7.91. The minimum atomic E-state index is 0.280. The summed E-state index contributed by atoms with van der Waals surface area (Å²) in [4.78, 5) is 1.33. The minimum absolute atomic E-state index is 0.280. The van der Waals surface area contributed by atoms with E-state index in [-0.39, 0.29) is 6.10 Å². The van der Waals surface area contributed by atoms with Crippen molar-refractivity contribution < 1.29 is 4.74 Å². The van der Waals surface area contributed by atoms with E-state index in [0.717, 1.165) is 36.6 Å². The maximum absolute atomic E-state index is 5.99. The Morgan fingerprint density at radius 3 is 2.61 bits per heavy atom. The third-order valence-corrected chi connectivity index (χ3v) is 4.28. The molecular formula is C14H24ClNOS. The van der Waals surface area contributed by atoms with Crippen molar-refractivity contribution in [3.63, 3.8) is 0 Å². The number of thiophene rings is 1. The van der Waals surface area contributed by atoms with Crippen LogP contribution in [0.2, 0.25) is 4.34 Å². The van der Waals surface area contributed by atoms with Gasteiger partial charge in [0.05, 0.1) is 10.4 Å². The number of ether oxygens (including phenoxy) is 1. The lowest BCUT2D eigenvalue weighted by molar-refractivity contribution is 0.0611. The van der Waals surface area contributed by atoms with Crippen molar-refractivity contribution in [3.05, 3.63) is 21.3 Å². The summed E-state index contributed by atoms with van der Waals surface area (Å²) in [6.45, 7) is 5.42. The number of hydrogen-bond acceptors (Lipinski definition) is 3. The molecule has 1 rings (SSSR count). The van der Waals surface area contributed by atoms with Crippen LogP contribution in [0.4, 0.5) is 0 Å². The number of hydrogen-bond donors (Lipinski definition) is 1. The van der Waals surface area contributed by atoms with E-state index in [1.165, 1.54) is 4.88 Å². The normalized spacial score (nSPS) is 14.7. The fourth-order valence-electron chi connectivity index (χ4n) is 2.11. The molecule has 1 aromatic heterocycles. The smallest absolute Gasteiger partial charge is 0.0931 e. The molecule has 0 aliphatic heterocycles. The predicted octanol–water partition coefficient (Wildman–Crippen LogP) is 4.13. The Kier molecular flexibility index (Phi) is 7.91. The molecule has 4 heteroatoms. The van der Waals surface area contributed by atoms with Gasteiger partial charge in [0.15, 0.2) is 0 Å². The molecule has 2 unspecified atom stereocenters. The van der Waals surface area contributed by atoms with Gasteiger partial charge < -0.3 is 10.1 Å². The molecule has 18 heavy (non-hydrogen) atoms. The van der Waals surface area contributed by atoms with E-state index in [4.69, 9.17) is 16.3 Å². The molecule has 0 bridgehead atoms. The van der Waals surface area contributed by atoms with Crippen LogP contribution < -0.4 is 5.32 Å². The highest BCUT2D eigenvalue weighted by Gasteiger charge is 2.20. The van der Waals surface area contributed by atoms with Crippen molar-refractivity contribution in [1.82, 2.24) is 5.32 Å². The second-order valence-corrected chi connectivity index (χ2v) is 6.33. The van der Waals surface area contributed by atoms with Gasteiger partial charge >= 0.3 is 0 Å². The quantitative estimate of drug-likeness (QED) is 0.738. The number of halogens is 1. The van der Waals surface area contributed by atoms with Crippen LogP contribution in [-0.2, 0) is 11.2 Å². The Labute approximate surface area is 120 Å². The van der Waals surface area contributed by atoms with Gasteiger partial charge in [0.1, 0.15) is 0 Å². The van der Waals surface area contributed by atoms with Crippen LogP contribution in [0.5, 0.6) is 0 Å². The van der Waals surface area contributed by atoms with E-state index in [0.29, 0.717) is 6.04 Å². The molecule has 0 aliphatic rings. The zero-order valence-electron chi connectivity index (χ0n) is 11.5. The Bertz CT molecular complexity index is 329. The first-order chi connectivity index (χ1) is 8.71. The lowest BCUT2D eigenvalue weighted by atomic mass is 10.0. The SMILES string of the molecule is CCCNC(Cc1ccc(Cl)s1)C(CCC)OC. The van der Waals surface area contributed by atoms with Gasteiger partial charge in [0.25, 0.3) is 0 Å². The van der Waals surface area contributed by atoms with Crippen molar-refractivity contribution in [3.8, 4) is 0 Å². The van der Waals surface area contributed by atoms with E-state index in [1.54, 1.807) is 11.3 Å². The first-order valence-electron chi connectivity index (χ1n) is 6.71. The highest BCUT2D eigenvalue weighted by molar-refractivity contribution is 7.16. The lowest BCUT2D eigenvalue weighted by Gasteiger charge is -2.26. The Morgan fingerprint density at radius 2 is 2.11 bits per heavy atom. The first kappa shape index (κ1) is 16.0. The van der Waals surface area contributed by atoms with Gasteiger partial charge in [-0.1, -0.05) is 31.9 Å². The molecule has 1 heterocycles. The van der Waals surface area contributed by atoms with Crippen molar-refractivity contribution >= 4 is 22.9 Å². The average molecular weight is 290 g/mol. The molecule has 0 aliphatic carbocycles. The van der Waals surface area contributed by atoms with Gasteiger partial charge in [-0.15, -0.1) is 11.3 Å². The topological polar surface area (TPSA) is 21.3 Å². The highest BCUT2D eigenvalue weighted by Crippen LogP contribution is 2.24. The fourth-order valence-corrected chi connectivity index (χ4v) is 3.26. The summed E-state index contributed by atoms with van der Waals surface area (Å²) < 4.78 is 6.50. The molecule has 0 saturated carbocycles. The zero-order chi connectivity index (χ0) is 13.4. The second kappa shape index (κ2) is 8.92. The molecule has 0 spiro atoms. The van der Waals surface area contributed by atoms with Gasteiger partial charge in [-0.25, -0.2) is 0 Å². The molecule has 1 N–H and O–H groups in total. The highest BCUT2D eigenvalue weighted by atomic mass is 35.5. The van der Waals surface area contributed by atoms with Gasteiger partial charge in [-0.3, -0.25) is 0 Å². The van der Waals surface area contributed by atoms with Crippen LogP contribution in [-0.4, -0.2) is 25.8 Å². The van der Waals surface area contributed by atoms with E-state index in [2.05, 4.69) is 25.2 Å². The number of rotatable bonds is 9. The van der Waals surface area contributed by atoms with Crippen molar-refractivity contribution in [2.75, 3.05) is 13.7 Å². The minimum Gasteiger partial charge on any atom is -0.380 e. The van der Waals surface area contributed by atoms with Crippen LogP contribution >= 0.6 is 22.9 Å². The van der Waals surface area contributed by atoms with E-state index in [9.17, 15) is 0 Å².